The number of aromatic nitrogens is 1. The molecule has 0 saturated heterocycles. The van der Waals surface area contributed by atoms with Crippen LogP contribution in [-0.2, 0) is 6.42 Å². The molecule has 5 heteroatoms. The number of methoxy groups -OCH3 is 1. The van der Waals surface area contributed by atoms with Crippen molar-refractivity contribution >= 4 is 5.88 Å². The number of anilines is 1. The molecule has 2 aromatic heterocycles. The highest BCUT2D eigenvalue weighted by atomic mass is 16.5. The van der Waals surface area contributed by atoms with Crippen LogP contribution in [0.15, 0.2) is 45.3 Å². The van der Waals surface area contributed by atoms with Gasteiger partial charge in [0.2, 0.25) is 5.88 Å². The average Bonchev–Trinajstić information content (AvgIpc) is 3.13. The first-order valence-electron chi connectivity index (χ1n) is 6.71. The first-order valence-corrected chi connectivity index (χ1v) is 6.71. The maximum absolute atomic E-state index is 5.93. The van der Waals surface area contributed by atoms with Gasteiger partial charge < -0.3 is 19.4 Å². The van der Waals surface area contributed by atoms with Crippen LogP contribution >= 0.6 is 0 Å². The van der Waals surface area contributed by atoms with Crippen LogP contribution in [0.3, 0.4) is 0 Å². The Kier molecular flexibility index (Phi) is 3.39. The Morgan fingerprint density at radius 3 is 2.81 bits per heavy atom. The zero-order valence-corrected chi connectivity index (χ0v) is 11.9. The van der Waals surface area contributed by atoms with Gasteiger partial charge in [-0.2, -0.15) is 0 Å². The highest BCUT2D eigenvalue weighted by Gasteiger charge is 2.20. The Balaban J connectivity index is 2.12. The molecule has 0 amide bonds. The van der Waals surface area contributed by atoms with Crippen molar-refractivity contribution in [2.75, 3.05) is 12.8 Å². The Labute approximate surface area is 122 Å². The van der Waals surface area contributed by atoms with Gasteiger partial charge in [0.1, 0.15) is 11.5 Å². The van der Waals surface area contributed by atoms with E-state index in [9.17, 15) is 0 Å². The summed E-state index contributed by atoms with van der Waals surface area (Å²) in [5.41, 5.74) is 8.11. The molecule has 0 aliphatic heterocycles. The summed E-state index contributed by atoms with van der Waals surface area (Å²) in [4.78, 5) is 0. The molecule has 2 N–H and O–H groups in total. The van der Waals surface area contributed by atoms with Crippen LogP contribution in [0.5, 0.6) is 5.75 Å². The van der Waals surface area contributed by atoms with E-state index in [0.29, 0.717) is 17.0 Å². The second kappa shape index (κ2) is 5.36. The van der Waals surface area contributed by atoms with E-state index in [4.69, 9.17) is 19.4 Å². The quantitative estimate of drug-likeness (QED) is 0.789. The lowest BCUT2D eigenvalue weighted by Gasteiger charge is -2.04. The second-order valence-corrected chi connectivity index (χ2v) is 4.62. The number of rotatable bonds is 4. The summed E-state index contributed by atoms with van der Waals surface area (Å²) >= 11 is 0. The molecule has 0 fully saturated rings. The van der Waals surface area contributed by atoms with Crippen molar-refractivity contribution in [1.29, 1.82) is 0 Å². The summed E-state index contributed by atoms with van der Waals surface area (Å²) in [7, 11) is 1.62. The molecule has 5 nitrogen and oxygen atoms in total. The lowest BCUT2D eigenvalue weighted by Crippen LogP contribution is -1.88. The summed E-state index contributed by atoms with van der Waals surface area (Å²) in [5, 5.41) is 4.03. The molecule has 0 atom stereocenters. The lowest BCUT2D eigenvalue weighted by molar-refractivity contribution is 0.415. The van der Waals surface area contributed by atoms with Crippen LogP contribution in [0.25, 0.3) is 22.6 Å². The van der Waals surface area contributed by atoms with E-state index in [2.05, 4.69) is 5.16 Å². The molecule has 3 aromatic rings. The van der Waals surface area contributed by atoms with Crippen molar-refractivity contribution in [2.24, 2.45) is 0 Å². The van der Waals surface area contributed by atoms with Crippen molar-refractivity contribution in [3.63, 3.8) is 0 Å². The van der Waals surface area contributed by atoms with Crippen LogP contribution in [0.4, 0.5) is 5.88 Å². The topological polar surface area (TPSA) is 74.4 Å². The third-order valence-electron chi connectivity index (χ3n) is 3.32. The first-order chi connectivity index (χ1) is 10.2. The molecular formula is C16H16N2O3. The molecule has 3 rings (SSSR count). The number of nitrogen functional groups attached to an aromatic ring is 1. The molecular weight excluding hydrogens is 268 g/mol. The molecule has 2 heterocycles. The predicted octanol–water partition coefficient (Wildman–Crippen LogP) is 3.75. The monoisotopic (exact) mass is 284 g/mol. The van der Waals surface area contributed by atoms with Gasteiger partial charge in [0.05, 0.1) is 12.7 Å². The van der Waals surface area contributed by atoms with Gasteiger partial charge in [-0.05, 0) is 29.8 Å². The van der Waals surface area contributed by atoms with Gasteiger partial charge >= 0.3 is 0 Å². The van der Waals surface area contributed by atoms with E-state index in [1.807, 2.05) is 43.3 Å². The predicted molar refractivity (Wildman–Crippen MR) is 80.0 cm³/mol. The zero-order chi connectivity index (χ0) is 14.8. The standard InChI is InChI=1S/C16H16N2O3/c1-3-11-7-8-13(20-11)15-14(16(17)21-18-15)10-5-4-6-12(9-10)19-2/h4-9H,3,17H2,1-2H3. The Morgan fingerprint density at radius 1 is 1.24 bits per heavy atom. The highest BCUT2D eigenvalue weighted by molar-refractivity contribution is 5.85. The van der Waals surface area contributed by atoms with E-state index in [1.54, 1.807) is 7.11 Å². The highest BCUT2D eigenvalue weighted by Crippen LogP contribution is 2.37. The van der Waals surface area contributed by atoms with Gasteiger partial charge in [0.25, 0.3) is 0 Å². The van der Waals surface area contributed by atoms with Gasteiger partial charge in [0, 0.05) is 6.42 Å². The molecule has 0 bridgehead atoms. The van der Waals surface area contributed by atoms with Crippen molar-refractivity contribution in [3.8, 4) is 28.3 Å². The van der Waals surface area contributed by atoms with Crippen molar-refractivity contribution in [2.45, 2.75) is 13.3 Å². The molecule has 0 saturated carbocycles. The molecule has 108 valence electrons. The third kappa shape index (κ3) is 2.38. The summed E-state index contributed by atoms with van der Waals surface area (Å²) < 4.78 is 16.1. The SMILES string of the molecule is CCc1ccc(-c2noc(N)c2-c2cccc(OC)c2)o1. The van der Waals surface area contributed by atoms with Crippen LogP contribution in [0, 0.1) is 0 Å². The van der Waals surface area contributed by atoms with Gasteiger partial charge in [0.15, 0.2) is 11.5 Å². The Morgan fingerprint density at radius 2 is 2.10 bits per heavy atom. The van der Waals surface area contributed by atoms with E-state index in [-0.39, 0.29) is 5.88 Å². The second-order valence-electron chi connectivity index (χ2n) is 4.62. The van der Waals surface area contributed by atoms with Crippen molar-refractivity contribution in [1.82, 2.24) is 5.16 Å². The molecule has 0 aliphatic rings. The summed E-state index contributed by atoms with van der Waals surface area (Å²) in [6, 6.07) is 11.4. The van der Waals surface area contributed by atoms with Crippen LogP contribution in [0.2, 0.25) is 0 Å². The summed E-state index contributed by atoms with van der Waals surface area (Å²) in [5.74, 6) is 2.54. The number of hydrogen-bond donors (Lipinski definition) is 1. The Hall–Kier alpha value is -2.69. The number of aryl methyl sites for hydroxylation is 1. The van der Waals surface area contributed by atoms with Crippen LogP contribution in [-0.4, -0.2) is 12.3 Å². The van der Waals surface area contributed by atoms with Gasteiger partial charge in [-0.25, -0.2) is 0 Å². The summed E-state index contributed by atoms with van der Waals surface area (Å²) in [6.45, 7) is 2.03. The first kappa shape index (κ1) is 13.3. The largest absolute Gasteiger partial charge is 0.497 e. The minimum atomic E-state index is 0.257. The number of nitrogens with zero attached hydrogens (tertiary/aromatic N) is 1. The van der Waals surface area contributed by atoms with E-state index < -0.39 is 0 Å². The smallest absolute Gasteiger partial charge is 0.230 e. The fourth-order valence-corrected chi connectivity index (χ4v) is 2.22. The zero-order valence-electron chi connectivity index (χ0n) is 11.9. The minimum Gasteiger partial charge on any atom is -0.497 e. The van der Waals surface area contributed by atoms with Gasteiger partial charge in [-0.3, -0.25) is 0 Å². The van der Waals surface area contributed by atoms with Crippen LogP contribution < -0.4 is 10.5 Å². The maximum atomic E-state index is 5.93. The lowest BCUT2D eigenvalue weighted by atomic mass is 10.0. The fraction of sp³-hybridized carbons (Fsp3) is 0.188. The molecule has 0 radical (unpaired) electrons. The number of benzene rings is 1. The number of hydrogen-bond acceptors (Lipinski definition) is 5. The molecule has 21 heavy (non-hydrogen) atoms. The number of furan rings is 1. The number of ether oxygens (including phenoxy) is 1. The average molecular weight is 284 g/mol. The van der Waals surface area contributed by atoms with Crippen molar-refractivity contribution in [3.05, 3.63) is 42.2 Å². The minimum absolute atomic E-state index is 0.257. The van der Waals surface area contributed by atoms with Gasteiger partial charge in [-0.1, -0.05) is 24.2 Å². The van der Waals surface area contributed by atoms with Crippen molar-refractivity contribution < 1.29 is 13.7 Å². The molecule has 0 spiro atoms. The van der Waals surface area contributed by atoms with E-state index in [0.717, 1.165) is 23.5 Å². The Bertz CT molecular complexity index is 758. The number of nitrogens with two attached hydrogens (primary N) is 1. The normalized spacial score (nSPS) is 10.8. The molecule has 0 unspecified atom stereocenters. The van der Waals surface area contributed by atoms with E-state index >= 15 is 0 Å². The van der Waals surface area contributed by atoms with Gasteiger partial charge in [-0.15, -0.1) is 0 Å². The molecule has 0 aliphatic carbocycles. The fourth-order valence-electron chi connectivity index (χ4n) is 2.22. The van der Waals surface area contributed by atoms with Crippen LogP contribution in [0.1, 0.15) is 12.7 Å². The van der Waals surface area contributed by atoms with E-state index in [1.165, 1.54) is 0 Å². The maximum Gasteiger partial charge on any atom is 0.230 e. The third-order valence-corrected chi connectivity index (χ3v) is 3.32. The molecule has 1 aromatic carbocycles. The summed E-state index contributed by atoms with van der Waals surface area (Å²) in [6.07, 6.45) is 0.821.